The van der Waals surface area contributed by atoms with E-state index in [1.165, 1.54) is 36.1 Å². The van der Waals surface area contributed by atoms with E-state index in [9.17, 15) is 0 Å². The molecule has 2 aromatic rings. The summed E-state index contributed by atoms with van der Waals surface area (Å²) in [7, 11) is 0. The molecule has 27 heavy (non-hydrogen) atoms. The smallest absolute Gasteiger partial charge is 0.161 e. The monoisotopic (exact) mass is 380 g/mol. The summed E-state index contributed by atoms with van der Waals surface area (Å²) in [6.45, 7) is 1.25. The number of nitrogens with one attached hydrogen (secondary N) is 1. The van der Waals surface area contributed by atoms with Gasteiger partial charge in [-0.3, -0.25) is 0 Å². The molecule has 0 unspecified atom stereocenters. The zero-order valence-corrected chi connectivity index (χ0v) is 16.2. The maximum absolute atomic E-state index is 5.73. The highest BCUT2D eigenvalue weighted by Gasteiger charge is 2.35. The Bertz CT molecular complexity index is 874. The number of ether oxygens (including phenoxy) is 2. The van der Waals surface area contributed by atoms with Gasteiger partial charge in [0.05, 0.1) is 0 Å². The highest BCUT2D eigenvalue weighted by molar-refractivity contribution is 8.13. The highest BCUT2D eigenvalue weighted by Crippen LogP contribution is 2.40. The van der Waals surface area contributed by atoms with E-state index in [1.807, 2.05) is 17.8 Å². The summed E-state index contributed by atoms with van der Waals surface area (Å²) < 4.78 is 11.4. The molecule has 1 spiro atoms. The normalized spacial score (nSPS) is 19.8. The van der Waals surface area contributed by atoms with E-state index in [0.29, 0.717) is 13.2 Å². The van der Waals surface area contributed by atoms with Crippen LogP contribution in [-0.4, -0.2) is 23.9 Å². The maximum Gasteiger partial charge on any atom is 0.161 e. The van der Waals surface area contributed by atoms with E-state index in [-0.39, 0.29) is 5.66 Å². The van der Waals surface area contributed by atoms with Crippen molar-refractivity contribution in [3.8, 4) is 11.5 Å². The number of thioether (sulfide) groups is 1. The van der Waals surface area contributed by atoms with Gasteiger partial charge >= 0.3 is 0 Å². The van der Waals surface area contributed by atoms with Gasteiger partial charge in [0.15, 0.2) is 11.5 Å². The third kappa shape index (κ3) is 3.41. The molecule has 140 valence electrons. The fourth-order valence-corrected chi connectivity index (χ4v) is 5.18. The van der Waals surface area contributed by atoms with Crippen molar-refractivity contribution in [1.82, 2.24) is 0 Å². The predicted molar refractivity (Wildman–Crippen MR) is 111 cm³/mol. The van der Waals surface area contributed by atoms with Crippen LogP contribution in [0.1, 0.15) is 43.2 Å². The van der Waals surface area contributed by atoms with Gasteiger partial charge in [0.1, 0.15) is 23.9 Å². The lowest BCUT2D eigenvalue weighted by Crippen LogP contribution is -2.42. The second-order valence-corrected chi connectivity index (χ2v) is 8.41. The first kappa shape index (κ1) is 17.0. The minimum Gasteiger partial charge on any atom is -0.486 e. The molecule has 1 aliphatic carbocycles. The molecule has 5 heteroatoms. The van der Waals surface area contributed by atoms with Crippen LogP contribution in [0.25, 0.3) is 0 Å². The van der Waals surface area contributed by atoms with Crippen LogP contribution in [0.3, 0.4) is 0 Å². The molecule has 1 fully saturated rings. The molecule has 0 aromatic heterocycles. The Morgan fingerprint density at radius 1 is 0.963 bits per heavy atom. The Hall–Kier alpha value is -2.14. The average molecular weight is 381 g/mol. The molecular formula is C22H24N2O2S. The van der Waals surface area contributed by atoms with Crippen molar-refractivity contribution in [2.24, 2.45) is 4.99 Å². The van der Waals surface area contributed by atoms with Crippen LogP contribution in [0, 0.1) is 0 Å². The Kier molecular flexibility index (Phi) is 4.48. The van der Waals surface area contributed by atoms with Crippen molar-refractivity contribution >= 4 is 22.5 Å². The van der Waals surface area contributed by atoms with Gasteiger partial charge < -0.3 is 14.8 Å². The molecule has 1 N–H and O–H groups in total. The Labute approximate surface area is 164 Å². The topological polar surface area (TPSA) is 42.9 Å². The molecule has 0 amide bonds. The van der Waals surface area contributed by atoms with E-state index in [1.54, 1.807) is 0 Å². The van der Waals surface area contributed by atoms with Gasteiger partial charge in [-0.2, -0.15) is 0 Å². The molecule has 0 radical (unpaired) electrons. The summed E-state index contributed by atoms with van der Waals surface area (Å²) in [4.78, 5) is 5.23. The fourth-order valence-electron chi connectivity index (χ4n) is 4.12. The lowest BCUT2D eigenvalue weighted by molar-refractivity contribution is 0.171. The minimum absolute atomic E-state index is 0.109. The Balaban J connectivity index is 1.40. The Morgan fingerprint density at radius 2 is 1.78 bits per heavy atom. The first-order chi connectivity index (χ1) is 13.3. The van der Waals surface area contributed by atoms with Crippen molar-refractivity contribution in [2.45, 2.75) is 43.5 Å². The van der Waals surface area contributed by atoms with E-state index in [0.717, 1.165) is 35.1 Å². The van der Waals surface area contributed by atoms with Crippen molar-refractivity contribution < 1.29 is 9.47 Å². The van der Waals surface area contributed by atoms with E-state index < -0.39 is 0 Å². The van der Waals surface area contributed by atoms with Gasteiger partial charge in [-0.25, -0.2) is 4.99 Å². The standard InChI is InChI=1S/C22H24N2O2S/c1-4-10-22(11-5-1)23-18-7-3-2-6-17(18)21(24-22)27-15-16-8-9-19-20(14-16)26-13-12-25-19/h2-3,6-9,14,23H,1,4-5,10-13,15H2. The summed E-state index contributed by atoms with van der Waals surface area (Å²) in [5.41, 5.74) is 3.57. The van der Waals surface area contributed by atoms with E-state index in [2.05, 4.69) is 41.7 Å². The number of benzene rings is 2. The van der Waals surface area contributed by atoms with Crippen molar-refractivity contribution in [1.29, 1.82) is 0 Å². The highest BCUT2D eigenvalue weighted by atomic mass is 32.2. The molecule has 0 saturated heterocycles. The third-order valence-electron chi connectivity index (χ3n) is 5.50. The third-order valence-corrected chi connectivity index (χ3v) is 6.57. The van der Waals surface area contributed by atoms with Crippen molar-refractivity contribution in [3.05, 3.63) is 53.6 Å². The lowest BCUT2D eigenvalue weighted by Gasteiger charge is -2.39. The first-order valence-electron chi connectivity index (χ1n) is 9.80. The van der Waals surface area contributed by atoms with E-state index >= 15 is 0 Å². The van der Waals surface area contributed by atoms with Gasteiger partial charge in [-0.1, -0.05) is 30.7 Å². The zero-order valence-electron chi connectivity index (χ0n) is 15.4. The number of nitrogens with zero attached hydrogens (tertiary/aromatic N) is 1. The van der Waals surface area contributed by atoms with E-state index in [4.69, 9.17) is 14.5 Å². The number of anilines is 1. The molecular weight excluding hydrogens is 356 g/mol. The number of aliphatic imine (C=N–C) groups is 1. The molecule has 4 nitrogen and oxygen atoms in total. The molecule has 3 aliphatic rings. The van der Waals surface area contributed by atoms with Gasteiger partial charge in [0.2, 0.25) is 0 Å². The molecule has 0 bridgehead atoms. The lowest BCUT2D eigenvalue weighted by atomic mass is 9.88. The summed E-state index contributed by atoms with van der Waals surface area (Å²) in [5, 5.41) is 4.90. The molecule has 5 rings (SSSR count). The first-order valence-corrected chi connectivity index (χ1v) is 10.8. The second kappa shape index (κ2) is 7.12. The molecule has 2 aliphatic heterocycles. The van der Waals surface area contributed by atoms with Gasteiger partial charge in [-0.05, 0) is 49.4 Å². The van der Waals surface area contributed by atoms with Crippen molar-refractivity contribution in [3.63, 3.8) is 0 Å². The van der Waals surface area contributed by atoms with Crippen LogP contribution in [0.15, 0.2) is 47.5 Å². The molecule has 2 aromatic carbocycles. The molecule has 0 atom stereocenters. The predicted octanol–water partition coefficient (Wildman–Crippen LogP) is 5.22. The molecule has 2 heterocycles. The van der Waals surface area contributed by atoms with Gasteiger partial charge in [0, 0.05) is 17.0 Å². The molecule has 1 saturated carbocycles. The van der Waals surface area contributed by atoms with Crippen LogP contribution in [0.2, 0.25) is 0 Å². The maximum atomic E-state index is 5.73. The van der Waals surface area contributed by atoms with Gasteiger partial charge in [0.25, 0.3) is 0 Å². The van der Waals surface area contributed by atoms with Crippen LogP contribution < -0.4 is 14.8 Å². The van der Waals surface area contributed by atoms with Crippen LogP contribution >= 0.6 is 11.8 Å². The number of rotatable bonds is 2. The number of para-hydroxylation sites is 1. The largest absolute Gasteiger partial charge is 0.486 e. The van der Waals surface area contributed by atoms with Gasteiger partial charge in [-0.15, -0.1) is 11.8 Å². The minimum atomic E-state index is -0.109. The van der Waals surface area contributed by atoms with Crippen LogP contribution in [0.4, 0.5) is 5.69 Å². The SMILES string of the molecule is c1ccc2c(c1)NC1(CCCCC1)N=C2SCc1ccc2c(c1)OCCO2. The number of hydrogen-bond donors (Lipinski definition) is 1. The zero-order chi connectivity index (χ0) is 18.1. The Morgan fingerprint density at radius 3 is 2.67 bits per heavy atom. The van der Waals surface area contributed by atoms with Crippen LogP contribution in [-0.2, 0) is 5.75 Å². The van der Waals surface area contributed by atoms with Crippen LogP contribution in [0.5, 0.6) is 11.5 Å². The number of hydrogen-bond acceptors (Lipinski definition) is 5. The quantitative estimate of drug-likeness (QED) is 0.775. The van der Waals surface area contributed by atoms with Crippen molar-refractivity contribution in [2.75, 3.05) is 18.5 Å². The number of fused-ring (bicyclic) bond motifs is 2. The average Bonchev–Trinajstić information content (AvgIpc) is 2.72. The summed E-state index contributed by atoms with van der Waals surface area (Å²) >= 11 is 1.83. The summed E-state index contributed by atoms with van der Waals surface area (Å²) in [6.07, 6.45) is 6.06. The second-order valence-electron chi connectivity index (χ2n) is 7.45. The fraction of sp³-hybridized carbons (Fsp3) is 0.409. The summed E-state index contributed by atoms with van der Waals surface area (Å²) in [5.74, 6) is 2.58. The summed E-state index contributed by atoms with van der Waals surface area (Å²) in [6, 6.07) is 14.8.